The predicted molar refractivity (Wildman–Crippen MR) is 36.0 cm³/mol. The first-order valence-corrected chi connectivity index (χ1v) is 3.09. The van der Waals surface area contributed by atoms with Crippen molar-refractivity contribution in [2.24, 2.45) is 0 Å². The van der Waals surface area contributed by atoms with Crippen LogP contribution < -0.4 is 0 Å². The van der Waals surface area contributed by atoms with Gasteiger partial charge in [-0.15, -0.1) is 0 Å². The van der Waals surface area contributed by atoms with Crippen LogP contribution in [0.15, 0.2) is 5.57 Å². The van der Waals surface area contributed by atoms with E-state index in [0.717, 1.165) is 13.0 Å². The molecule has 2 nitrogen and oxygen atoms in total. The van der Waals surface area contributed by atoms with E-state index in [1.54, 1.807) is 12.9 Å². The molecule has 0 aromatic rings. The molecule has 0 aromatic heterocycles. The molecule has 2 heteroatoms. The largest absolute Gasteiger partial charge is 0.376 e. The highest BCUT2D eigenvalue weighted by atomic mass is 16.5. The first-order valence-electron chi connectivity index (χ1n) is 3.09. The lowest BCUT2D eigenvalue weighted by Gasteiger charge is -1.97. The number of hydrogen-bond donors (Lipinski definition) is 0. The van der Waals surface area contributed by atoms with Crippen molar-refractivity contribution in [2.75, 3.05) is 13.2 Å². The summed E-state index contributed by atoms with van der Waals surface area (Å²) in [5.74, 6) is 1.77. The van der Waals surface area contributed by atoms with Crippen molar-refractivity contribution < 1.29 is 9.53 Å². The van der Waals surface area contributed by atoms with Crippen molar-refractivity contribution in [1.29, 1.82) is 0 Å². The number of rotatable bonds is 4. The lowest BCUT2D eigenvalue weighted by Crippen LogP contribution is -1.96. The van der Waals surface area contributed by atoms with Crippen LogP contribution in [-0.2, 0) is 9.53 Å². The summed E-state index contributed by atoms with van der Waals surface area (Å²) in [4.78, 5) is 9.86. The van der Waals surface area contributed by atoms with Gasteiger partial charge in [0.2, 0.25) is 0 Å². The van der Waals surface area contributed by atoms with E-state index in [-0.39, 0.29) is 0 Å². The van der Waals surface area contributed by atoms with Crippen LogP contribution in [0.2, 0.25) is 0 Å². The maximum Gasteiger partial charge on any atom is 0.125 e. The fourth-order valence-electron chi connectivity index (χ4n) is 0.399. The zero-order valence-electron chi connectivity index (χ0n) is 5.94. The summed E-state index contributed by atoms with van der Waals surface area (Å²) in [6.45, 7) is 4.89. The van der Waals surface area contributed by atoms with E-state index in [9.17, 15) is 4.79 Å². The van der Waals surface area contributed by atoms with E-state index < -0.39 is 0 Å². The molecule has 0 amide bonds. The van der Waals surface area contributed by atoms with E-state index in [4.69, 9.17) is 4.74 Å². The van der Waals surface area contributed by atoms with E-state index >= 15 is 0 Å². The molecule has 0 saturated carbocycles. The summed E-state index contributed by atoms with van der Waals surface area (Å²) in [5.41, 5.74) is 0.628. The number of hydrogen-bond acceptors (Lipinski definition) is 2. The highest BCUT2D eigenvalue weighted by Crippen LogP contribution is 1.87. The molecular weight excluding hydrogens is 116 g/mol. The molecule has 0 heterocycles. The quantitative estimate of drug-likeness (QED) is 0.420. The van der Waals surface area contributed by atoms with Crippen molar-refractivity contribution >= 4 is 5.94 Å². The van der Waals surface area contributed by atoms with E-state index in [1.165, 1.54) is 0 Å². The van der Waals surface area contributed by atoms with Gasteiger partial charge in [-0.1, -0.05) is 6.92 Å². The van der Waals surface area contributed by atoms with Crippen molar-refractivity contribution in [3.05, 3.63) is 5.57 Å². The van der Waals surface area contributed by atoms with Crippen LogP contribution in [-0.4, -0.2) is 19.2 Å². The van der Waals surface area contributed by atoms with Gasteiger partial charge in [-0.05, 0) is 13.3 Å². The Kier molecular flexibility index (Phi) is 5.18. The summed E-state index contributed by atoms with van der Waals surface area (Å²) in [7, 11) is 0. The van der Waals surface area contributed by atoms with Gasteiger partial charge in [0.15, 0.2) is 0 Å². The van der Waals surface area contributed by atoms with Crippen LogP contribution in [0, 0.1) is 0 Å². The minimum atomic E-state index is 0.428. The third kappa shape index (κ3) is 5.28. The van der Waals surface area contributed by atoms with Crippen molar-refractivity contribution in [3.8, 4) is 0 Å². The van der Waals surface area contributed by atoms with Crippen molar-refractivity contribution in [1.82, 2.24) is 0 Å². The maximum atomic E-state index is 9.86. The zero-order chi connectivity index (χ0) is 7.11. The second-order valence-electron chi connectivity index (χ2n) is 1.93. The predicted octanol–water partition coefficient (Wildman–Crippen LogP) is 1.19. The molecule has 0 aliphatic heterocycles. The molecule has 0 aliphatic carbocycles. The van der Waals surface area contributed by atoms with Gasteiger partial charge in [-0.25, -0.2) is 4.79 Å². The Labute approximate surface area is 55.5 Å². The van der Waals surface area contributed by atoms with Crippen LogP contribution in [0.3, 0.4) is 0 Å². The molecule has 52 valence electrons. The molecule has 9 heavy (non-hydrogen) atoms. The van der Waals surface area contributed by atoms with Crippen LogP contribution in [0.5, 0.6) is 0 Å². The average Bonchev–Trinajstić information content (AvgIpc) is 1.89. The molecule has 0 aromatic carbocycles. The number of ether oxygens (including phenoxy) is 1. The van der Waals surface area contributed by atoms with Crippen LogP contribution >= 0.6 is 0 Å². The van der Waals surface area contributed by atoms with E-state index in [0.29, 0.717) is 12.2 Å². The first kappa shape index (κ1) is 8.41. The Balaban J connectivity index is 3.17. The summed E-state index contributed by atoms with van der Waals surface area (Å²) >= 11 is 0. The minimum absolute atomic E-state index is 0.428. The molecule has 0 N–H and O–H groups in total. The fourth-order valence-corrected chi connectivity index (χ4v) is 0.399. The summed E-state index contributed by atoms with van der Waals surface area (Å²) in [6.07, 6.45) is 0.992. The Morgan fingerprint density at radius 1 is 1.67 bits per heavy atom. The standard InChI is InChI=1S/C7H12O2/c1-3-4-9-6-7(2)5-8/h3-4,6H2,1-2H3. The molecule has 0 spiro atoms. The van der Waals surface area contributed by atoms with Gasteiger partial charge in [-0.2, -0.15) is 0 Å². The third-order valence-electron chi connectivity index (χ3n) is 0.841. The van der Waals surface area contributed by atoms with Gasteiger partial charge >= 0.3 is 0 Å². The molecule has 0 atom stereocenters. The molecule has 0 radical (unpaired) electrons. The van der Waals surface area contributed by atoms with Crippen LogP contribution in [0.4, 0.5) is 0 Å². The highest BCUT2D eigenvalue weighted by molar-refractivity contribution is 5.51. The van der Waals surface area contributed by atoms with Crippen LogP contribution in [0.25, 0.3) is 0 Å². The fraction of sp³-hybridized carbons (Fsp3) is 0.714. The first-order chi connectivity index (χ1) is 4.31. The second kappa shape index (κ2) is 5.54. The third-order valence-corrected chi connectivity index (χ3v) is 0.841. The van der Waals surface area contributed by atoms with Crippen molar-refractivity contribution in [2.45, 2.75) is 20.3 Å². The van der Waals surface area contributed by atoms with Crippen LogP contribution in [0.1, 0.15) is 20.3 Å². The van der Waals surface area contributed by atoms with Gasteiger partial charge in [0.05, 0.1) is 6.61 Å². The molecule has 0 aliphatic rings. The SMILES string of the molecule is CCCOCC(C)=C=O. The van der Waals surface area contributed by atoms with Gasteiger partial charge in [0.25, 0.3) is 0 Å². The Hall–Kier alpha value is -0.590. The lowest BCUT2D eigenvalue weighted by molar-refractivity contribution is 0.157. The normalized spacial score (nSPS) is 8.67. The monoisotopic (exact) mass is 128 g/mol. The Bertz CT molecular complexity index is 112. The van der Waals surface area contributed by atoms with Gasteiger partial charge in [-0.3, -0.25) is 0 Å². The molecular formula is C7H12O2. The van der Waals surface area contributed by atoms with Gasteiger partial charge < -0.3 is 4.74 Å². The molecule has 0 bridgehead atoms. The number of carbonyl (C=O) groups excluding carboxylic acids is 1. The lowest BCUT2D eigenvalue weighted by atomic mass is 10.4. The minimum Gasteiger partial charge on any atom is -0.376 e. The summed E-state index contributed by atoms with van der Waals surface area (Å²) in [6, 6.07) is 0. The van der Waals surface area contributed by atoms with Gasteiger partial charge in [0, 0.05) is 12.2 Å². The Morgan fingerprint density at radius 3 is 2.78 bits per heavy atom. The summed E-state index contributed by atoms with van der Waals surface area (Å²) < 4.78 is 5.04. The second-order valence-corrected chi connectivity index (χ2v) is 1.93. The van der Waals surface area contributed by atoms with E-state index in [2.05, 4.69) is 0 Å². The Morgan fingerprint density at radius 2 is 2.33 bits per heavy atom. The molecule has 0 fully saturated rings. The maximum absolute atomic E-state index is 9.86. The molecule has 0 saturated heterocycles. The average molecular weight is 128 g/mol. The van der Waals surface area contributed by atoms with Gasteiger partial charge in [0.1, 0.15) is 5.94 Å². The molecule has 0 rings (SSSR count). The zero-order valence-corrected chi connectivity index (χ0v) is 5.94. The topological polar surface area (TPSA) is 26.3 Å². The summed E-state index contributed by atoms with van der Waals surface area (Å²) in [5, 5.41) is 0. The molecule has 0 unspecified atom stereocenters. The van der Waals surface area contributed by atoms with E-state index in [1.807, 2.05) is 6.92 Å². The van der Waals surface area contributed by atoms with Crippen molar-refractivity contribution in [3.63, 3.8) is 0 Å². The highest BCUT2D eigenvalue weighted by Gasteiger charge is 1.87. The smallest absolute Gasteiger partial charge is 0.125 e.